The van der Waals surface area contributed by atoms with Gasteiger partial charge in [-0.15, -0.1) is 0 Å². The molecule has 20 heavy (non-hydrogen) atoms. The molecule has 0 atom stereocenters. The van der Waals surface area contributed by atoms with E-state index in [-0.39, 0.29) is 0 Å². The van der Waals surface area contributed by atoms with Crippen LogP contribution in [-0.2, 0) is 11.3 Å². The second-order valence-electron chi connectivity index (χ2n) is 4.71. The summed E-state index contributed by atoms with van der Waals surface area (Å²) in [7, 11) is 3.77. The highest BCUT2D eigenvalue weighted by Gasteiger charge is 2.11. The maximum absolute atomic E-state index is 6.13. The van der Waals surface area contributed by atoms with Crippen LogP contribution in [0.25, 0.3) is 11.5 Å². The summed E-state index contributed by atoms with van der Waals surface area (Å²) in [6.45, 7) is 2.48. The highest BCUT2D eigenvalue weighted by Crippen LogP contribution is 2.26. The van der Waals surface area contributed by atoms with E-state index in [1.807, 2.05) is 24.3 Å². The van der Waals surface area contributed by atoms with Crippen molar-refractivity contribution in [1.82, 2.24) is 9.88 Å². The van der Waals surface area contributed by atoms with Crippen molar-refractivity contribution in [2.75, 3.05) is 27.3 Å². The Labute approximate surface area is 124 Å². The fourth-order valence-corrected chi connectivity index (χ4v) is 2.19. The molecule has 0 unspecified atom stereocenters. The quantitative estimate of drug-likeness (QED) is 0.733. The van der Waals surface area contributed by atoms with E-state index in [2.05, 4.69) is 16.9 Å². The molecule has 5 heteroatoms. The third-order valence-electron chi connectivity index (χ3n) is 2.98. The number of hydrogen-bond donors (Lipinski definition) is 0. The average molecular weight is 295 g/mol. The molecule has 0 bridgehead atoms. The molecule has 0 radical (unpaired) electrons. The predicted octanol–water partition coefficient (Wildman–Crippen LogP) is 3.46. The SMILES string of the molecule is COCCCN(C)Cc1coc(-c2ccccc2Cl)n1. The van der Waals surface area contributed by atoms with E-state index in [1.165, 1.54) is 0 Å². The van der Waals surface area contributed by atoms with Crippen molar-refractivity contribution in [2.45, 2.75) is 13.0 Å². The fourth-order valence-electron chi connectivity index (χ4n) is 1.97. The van der Waals surface area contributed by atoms with Gasteiger partial charge >= 0.3 is 0 Å². The van der Waals surface area contributed by atoms with E-state index >= 15 is 0 Å². The molecule has 1 heterocycles. The molecular formula is C15H19ClN2O2. The molecule has 0 saturated carbocycles. The Balaban J connectivity index is 1.97. The fraction of sp³-hybridized carbons (Fsp3) is 0.400. The van der Waals surface area contributed by atoms with Gasteiger partial charge in [-0.1, -0.05) is 23.7 Å². The van der Waals surface area contributed by atoms with Gasteiger partial charge in [0.25, 0.3) is 0 Å². The summed E-state index contributed by atoms with van der Waals surface area (Å²) >= 11 is 6.13. The number of hydrogen-bond acceptors (Lipinski definition) is 4. The molecule has 0 N–H and O–H groups in total. The van der Waals surface area contributed by atoms with Gasteiger partial charge < -0.3 is 14.1 Å². The van der Waals surface area contributed by atoms with Crippen LogP contribution in [0.2, 0.25) is 5.02 Å². The Morgan fingerprint density at radius 1 is 1.35 bits per heavy atom. The zero-order valence-corrected chi connectivity index (χ0v) is 12.6. The van der Waals surface area contributed by atoms with Crippen LogP contribution in [0.4, 0.5) is 0 Å². The van der Waals surface area contributed by atoms with E-state index in [4.69, 9.17) is 20.8 Å². The standard InChI is InChI=1S/C15H19ClN2O2/c1-18(8-5-9-19-2)10-12-11-20-15(17-12)13-6-3-4-7-14(13)16/h3-4,6-7,11H,5,8-10H2,1-2H3. The van der Waals surface area contributed by atoms with Crippen LogP contribution in [0.5, 0.6) is 0 Å². The lowest BCUT2D eigenvalue weighted by Gasteiger charge is -2.14. The molecule has 0 aliphatic rings. The molecule has 0 fully saturated rings. The first kappa shape index (κ1) is 15.0. The Morgan fingerprint density at radius 3 is 2.90 bits per heavy atom. The van der Waals surface area contributed by atoms with Crippen LogP contribution in [0.1, 0.15) is 12.1 Å². The molecule has 1 aromatic carbocycles. The van der Waals surface area contributed by atoms with Crippen molar-refractivity contribution in [3.63, 3.8) is 0 Å². The third kappa shape index (κ3) is 4.07. The zero-order chi connectivity index (χ0) is 14.4. The minimum absolute atomic E-state index is 0.566. The zero-order valence-electron chi connectivity index (χ0n) is 11.8. The minimum atomic E-state index is 0.566. The second kappa shape index (κ2) is 7.43. The number of aromatic nitrogens is 1. The molecule has 4 nitrogen and oxygen atoms in total. The van der Waals surface area contributed by atoms with Gasteiger partial charge in [0.2, 0.25) is 5.89 Å². The van der Waals surface area contributed by atoms with E-state index in [0.29, 0.717) is 10.9 Å². The Kier molecular flexibility index (Phi) is 5.59. The van der Waals surface area contributed by atoms with Crippen molar-refractivity contribution in [3.8, 4) is 11.5 Å². The summed E-state index contributed by atoms with van der Waals surface area (Å²) in [5, 5.41) is 0.648. The van der Waals surface area contributed by atoms with Crippen molar-refractivity contribution < 1.29 is 9.15 Å². The van der Waals surface area contributed by atoms with Gasteiger partial charge in [0.1, 0.15) is 6.26 Å². The number of oxazole rings is 1. The lowest BCUT2D eigenvalue weighted by Crippen LogP contribution is -2.20. The van der Waals surface area contributed by atoms with Gasteiger partial charge in [0.15, 0.2) is 0 Å². The summed E-state index contributed by atoms with van der Waals surface area (Å²) in [5.41, 5.74) is 1.72. The smallest absolute Gasteiger partial charge is 0.227 e. The van der Waals surface area contributed by atoms with Gasteiger partial charge in [0.05, 0.1) is 16.3 Å². The lowest BCUT2D eigenvalue weighted by molar-refractivity contribution is 0.178. The van der Waals surface area contributed by atoms with Gasteiger partial charge in [0, 0.05) is 26.8 Å². The minimum Gasteiger partial charge on any atom is -0.444 e. The number of ether oxygens (including phenoxy) is 1. The number of halogens is 1. The van der Waals surface area contributed by atoms with Crippen LogP contribution < -0.4 is 0 Å². The lowest BCUT2D eigenvalue weighted by atomic mass is 10.2. The van der Waals surface area contributed by atoms with Crippen LogP contribution >= 0.6 is 11.6 Å². The van der Waals surface area contributed by atoms with E-state index in [9.17, 15) is 0 Å². The summed E-state index contributed by atoms with van der Waals surface area (Å²) in [5.74, 6) is 0.566. The molecule has 2 rings (SSSR count). The Morgan fingerprint density at radius 2 is 2.15 bits per heavy atom. The first-order valence-corrected chi connectivity index (χ1v) is 6.95. The van der Waals surface area contributed by atoms with Gasteiger partial charge in [-0.05, 0) is 25.6 Å². The van der Waals surface area contributed by atoms with Crippen molar-refractivity contribution in [2.24, 2.45) is 0 Å². The number of nitrogens with zero attached hydrogens (tertiary/aromatic N) is 2. The average Bonchev–Trinajstić information content (AvgIpc) is 2.88. The second-order valence-corrected chi connectivity index (χ2v) is 5.12. The Bertz CT molecular complexity index is 542. The van der Waals surface area contributed by atoms with Crippen molar-refractivity contribution >= 4 is 11.6 Å². The number of benzene rings is 1. The Hall–Kier alpha value is -1.36. The summed E-state index contributed by atoms with van der Waals surface area (Å²) in [6, 6.07) is 7.54. The molecule has 0 aliphatic heterocycles. The van der Waals surface area contributed by atoms with E-state index < -0.39 is 0 Å². The highest BCUT2D eigenvalue weighted by atomic mass is 35.5. The molecule has 108 valence electrons. The maximum atomic E-state index is 6.13. The highest BCUT2D eigenvalue weighted by molar-refractivity contribution is 6.33. The molecule has 0 aliphatic carbocycles. The number of rotatable bonds is 7. The summed E-state index contributed by atoms with van der Waals surface area (Å²) in [6.07, 6.45) is 2.69. The molecule has 2 aromatic rings. The maximum Gasteiger partial charge on any atom is 0.227 e. The normalized spacial score (nSPS) is 11.2. The monoisotopic (exact) mass is 294 g/mol. The first-order valence-electron chi connectivity index (χ1n) is 6.57. The first-order chi connectivity index (χ1) is 9.70. The summed E-state index contributed by atoms with van der Waals surface area (Å²) in [4.78, 5) is 6.67. The van der Waals surface area contributed by atoms with Crippen LogP contribution in [-0.4, -0.2) is 37.2 Å². The predicted molar refractivity (Wildman–Crippen MR) is 79.8 cm³/mol. The molecule has 0 amide bonds. The molecule has 1 aromatic heterocycles. The topological polar surface area (TPSA) is 38.5 Å². The van der Waals surface area contributed by atoms with Gasteiger partial charge in [-0.25, -0.2) is 4.98 Å². The van der Waals surface area contributed by atoms with Gasteiger partial charge in [-0.3, -0.25) is 0 Å². The largest absolute Gasteiger partial charge is 0.444 e. The van der Waals surface area contributed by atoms with E-state index in [0.717, 1.165) is 37.4 Å². The third-order valence-corrected chi connectivity index (χ3v) is 3.31. The van der Waals surface area contributed by atoms with Crippen molar-refractivity contribution in [3.05, 3.63) is 41.2 Å². The van der Waals surface area contributed by atoms with Crippen LogP contribution in [0, 0.1) is 0 Å². The van der Waals surface area contributed by atoms with Gasteiger partial charge in [-0.2, -0.15) is 0 Å². The van der Waals surface area contributed by atoms with Crippen LogP contribution in [0.15, 0.2) is 34.9 Å². The number of methoxy groups -OCH3 is 1. The molecular weight excluding hydrogens is 276 g/mol. The molecule has 0 saturated heterocycles. The van der Waals surface area contributed by atoms with Crippen LogP contribution in [0.3, 0.4) is 0 Å². The van der Waals surface area contributed by atoms with E-state index in [1.54, 1.807) is 13.4 Å². The van der Waals surface area contributed by atoms with Crippen molar-refractivity contribution in [1.29, 1.82) is 0 Å². The molecule has 0 spiro atoms. The summed E-state index contributed by atoms with van der Waals surface area (Å²) < 4.78 is 10.6.